The van der Waals surface area contributed by atoms with Gasteiger partial charge < -0.3 is 14.5 Å². The van der Waals surface area contributed by atoms with Gasteiger partial charge >= 0.3 is 17.8 Å². The van der Waals surface area contributed by atoms with Crippen LogP contribution in [0.3, 0.4) is 0 Å². The summed E-state index contributed by atoms with van der Waals surface area (Å²) >= 11 is 3.14. The molecule has 0 bridgehead atoms. The van der Waals surface area contributed by atoms with Crippen molar-refractivity contribution in [2.75, 3.05) is 33.3 Å². The Hall–Kier alpha value is -1.11. The third-order valence-corrected chi connectivity index (χ3v) is 3.39. The van der Waals surface area contributed by atoms with E-state index < -0.39 is 22.6 Å². The number of carbonyl (C=O) groups excluding carboxylic acids is 3. The first-order valence-electron chi connectivity index (χ1n) is 5.81. The zero-order valence-electron chi connectivity index (χ0n) is 10.5. The van der Waals surface area contributed by atoms with Crippen LogP contribution < -0.4 is 0 Å². The fraction of sp³-hybridized carbons (Fsp3) is 0.727. The van der Waals surface area contributed by atoms with Crippen molar-refractivity contribution in [3.63, 3.8) is 0 Å². The maximum Gasteiger partial charge on any atom is 0.321 e. The van der Waals surface area contributed by atoms with Gasteiger partial charge in [-0.2, -0.15) is 0 Å². The summed E-state index contributed by atoms with van der Waals surface area (Å²) < 4.78 is 4.56. The van der Waals surface area contributed by atoms with Gasteiger partial charge in [0.15, 0.2) is 0 Å². The number of rotatable bonds is 5. The van der Waals surface area contributed by atoms with E-state index in [1.54, 1.807) is 4.90 Å². The second-order valence-corrected chi connectivity index (χ2v) is 5.14. The molecule has 0 spiro atoms. The number of alkyl halides is 1. The van der Waals surface area contributed by atoms with Crippen LogP contribution in [-0.4, -0.2) is 65.7 Å². The van der Waals surface area contributed by atoms with Crippen LogP contribution in [0.15, 0.2) is 0 Å². The lowest BCUT2D eigenvalue weighted by Crippen LogP contribution is -2.56. The highest BCUT2D eigenvalue weighted by molar-refractivity contribution is 9.10. The van der Waals surface area contributed by atoms with Gasteiger partial charge in [0.2, 0.25) is 0 Å². The predicted octanol–water partition coefficient (Wildman–Crippen LogP) is 0.00370. The molecule has 6 nitrogen and oxygen atoms in total. The Morgan fingerprint density at radius 2 is 1.89 bits per heavy atom. The number of hydrogen-bond donors (Lipinski definition) is 0. The SMILES string of the molecule is CCCN1CCN(CC(Br)C(=O)OC)C(=O)C1=O. The number of esters is 1. The molecule has 0 N–H and O–H groups in total. The first-order chi connectivity index (χ1) is 8.51. The monoisotopic (exact) mass is 320 g/mol. The Balaban J connectivity index is 2.58. The van der Waals surface area contributed by atoms with Gasteiger partial charge in [0.05, 0.1) is 7.11 Å². The zero-order chi connectivity index (χ0) is 13.7. The summed E-state index contributed by atoms with van der Waals surface area (Å²) in [5, 5.41) is 0. The molecule has 0 aromatic heterocycles. The molecule has 2 amide bonds. The van der Waals surface area contributed by atoms with Crippen molar-refractivity contribution in [2.24, 2.45) is 0 Å². The van der Waals surface area contributed by atoms with Crippen LogP contribution in [-0.2, 0) is 19.1 Å². The number of nitrogens with zero attached hydrogens (tertiary/aromatic N) is 2. The molecule has 0 aromatic carbocycles. The van der Waals surface area contributed by atoms with Crippen LogP contribution >= 0.6 is 15.9 Å². The topological polar surface area (TPSA) is 66.9 Å². The number of amides is 2. The molecular weight excluding hydrogens is 304 g/mol. The summed E-state index contributed by atoms with van der Waals surface area (Å²) in [5.41, 5.74) is 0. The highest BCUT2D eigenvalue weighted by Crippen LogP contribution is 2.10. The average molecular weight is 321 g/mol. The third kappa shape index (κ3) is 3.44. The summed E-state index contributed by atoms with van der Waals surface area (Å²) in [6, 6.07) is 0. The van der Waals surface area contributed by atoms with E-state index in [0.29, 0.717) is 19.6 Å². The Morgan fingerprint density at radius 3 is 2.44 bits per heavy atom. The largest absolute Gasteiger partial charge is 0.468 e. The molecule has 18 heavy (non-hydrogen) atoms. The van der Waals surface area contributed by atoms with Gasteiger partial charge in [-0.1, -0.05) is 22.9 Å². The molecule has 1 fully saturated rings. The van der Waals surface area contributed by atoms with Crippen molar-refractivity contribution >= 4 is 33.7 Å². The normalized spacial score (nSPS) is 17.9. The lowest BCUT2D eigenvalue weighted by molar-refractivity contribution is -0.156. The number of carbonyl (C=O) groups is 3. The Morgan fingerprint density at radius 1 is 1.33 bits per heavy atom. The van der Waals surface area contributed by atoms with Crippen molar-refractivity contribution in [2.45, 2.75) is 18.2 Å². The summed E-state index contributed by atoms with van der Waals surface area (Å²) in [7, 11) is 1.28. The molecule has 0 saturated carbocycles. The van der Waals surface area contributed by atoms with Crippen LogP contribution in [0.1, 0.15) is 13.3 Å². The van der Waals surface area contributed by atoms with Gasteiger partial charge in [-0.05, 0) is 6.42 Å². The molecule has 1 aliphatic rings. The standard InChI is InChI=1S/C11H17BrN2O4/c1-3-4-13-5-6-14(10(16)9(13)15)7-8(12)11(17)18-2/h8H,3-7H2,1-2H3. The van der Waals surface area contributed by atoms with Gasteiger partial charge in [0.1, 0.15) is 4.83 Å². The minimum Gasteiger partial charge on any atom is -0.468 e. The molecule has 1 rings (SSSR count). The molecule has 1 atom stereocenters. The number of methoxy groups -OCH3 is 1. The van der Waals surface area contributed by atoms with Crippen molar-refractivity contribution in [1.82, 2.24) is 9.80 Å². The van der Waals surface area contributed by atoms with Gasteiger partial charge in [0, 0.05) is 26.2 Å². The smallest absolute Gasteiger partial charge is 0.321 e. The van der Waals surface area contributed by atoms with Gasteiger partial charge in [-0.25, -0.2) is 0 Å². The fourth-order valence-corrected chi connectivity index (χ4v) is 2.30. The van der Waals surface area contributed by atoms with E-state index >= 15 is 0 Å². The number of hydrogen-bond acceptors (Lipinski definition) is 4. The zero-order valence-corrected chi connectivity index (χ0v) is 12.1. The van der Waals surface area contributed by atoms with Gasteiger partial charge in [0.25, 0.3) is 0 Å². The van der Waals surface area contributed by atoms with E-state index in [2.05, 4.69) is 20.7 Å². The molecule has 1 unspecified atom stereocenters. The number of ether oxygens (including phenoxy) is 1. The molecule has 1 heterocycles. The fourth-order valence-electron chi connectivity index (χ4n) is 1.77. The first kappa shape index (κ1) is 14.9. The maximum absolute atomic E-state index is 11.8. The van der Waals surface area contributed by atoms with Crippen molar-refractivity contribution < 1.29 is 19.1 Å². The lowest BCUT2D eigenvalue weighted by atomic mass is 10.2. The number of halogens is 1. The highest BCUT2D eigenvalue weighted by atomic mass is 79.9. The second kappa shape index (κ2) is 6.72. The quantitative estimate of drug-likeness (QED) is 0.406. The average Bonchev–Trinajstić information content (AvgIpc) is 2.37. The van der Waals surface area contributed by atoms with E-state index in [1.807, 2.05) is 6.92 Å². The van der Waals surface area contributed by atoms with Crippen molar-refractivity contribution in [3.8, 4) is 0 Å². The summed E-state index contributed by atoms with van der Waals surface area (Å²) in [6.45, 7) is 3.66. The molecule has 0 radical (unpaired) electrons. The summed E-state index contributed by atoms with van der Waals surface area (Å²) in [6.07, 6.45) is 0.822. The van der Waals surface area contributed by atoms with E-state index in [9.17, 15) is 14.4 Å². The Kier molecular flexibility index (Phi) is 5.58. The lowest BCUT2D eigenvalue weighted by Gasteiger charge is -2.34. The van der Waals surface area contributed by atoms with Crippen LogP contribution in [0.5, 0.6) is 0 Å². The first-order valence-corrected chi connectivity index (χ1v) is 6.72. The van der Waals surface area contributed by atoms with Crippen LogP contribution in [0.2, 0.25) is 0 Å². The van der Waals surface area contributed by atoms with Crippen LogP contribution in [0, 0.1) is 0 Å². The van der Waals surface area contributed by atoms with Gasteiger partial charge in [-0.15, -0.1) is 0 Å². The van der Waals surface area contributed by atoms with Crippen molar-refractivity contribution in [1.29, 1.82) is 0 Å². The molecular formula is C11H17BrN2O4. The van der Waals surface area contributed by atoms with Crippen LogP contribution in [0.25, 0.3) is 0 Å². The molecule has 1 saturated heterocycles. The minimum atomic E-state index is -0.600. The Labute approximate surface area is 114 Å². The molecule has 102 valence electrons. The van der Waals surface area contributed by atoms with E-state index in [1.165, 1.54) is 12.0 Å². The van der Waals surface area contributed by atoms with Crippen molar-refractivity contribution in [3.05, 3.63) is 0 Å². The molecule has 0 aromatic rings. The van der Waals surface area contributed by atoms with E-state index in [4.69, 9.17) is 0 Å². The second-order valence-electron chi connectivity index (χ2n) is 4.03. The highest BCUT2D eigenvalue weighted by Gasteiger charge is 2.33. The summed E-state index contributed by atoms with van der Waals surface area (Å²) in [5.74, 6) is -1.50. The third-order valence-electron chi connectivity index (χ3n) is 2.73. The van der Waals surface area contributed by atoms with Crippen LogP contribution in [0.4, 0.5) is 0 Å². The van der Waals surface area contributed by atoms with Gasteiger partial charge in [-0.3, -0.25) is 14.4 Å². The molecule has 7 heteroatoms. The minimum absolute atomic E-state index is 0.150. The predicted molar refractivity (Wildman–Crippen MR) is 68.2 cm³/mol. The summed E-state index contributed by atoms with van der Waals surface area (Å²) in [4.78, 5) is 37.1. The number of piperazine rings is 1. The molecule has 0 aliphatic carbocycles. The maximum atomic E-state index is 11.8. The van der Waals surface area contributed by atoms with E-state index in [0.717, 1.165) is 6.42 Å². The molecule has 1 aliphatic heterocycles. The van der Waals surface area contributed by atoms with E-state index in [-0.39, 0.29) is 6.54 Å². The Bertz CT molecular complexity index is 348.